The fourth-order valence-corrected chi connectivity index (χ4v) is 7.85. The molecule has 7 nitrogen and oxygen atoms in total. The Labute approximate surface area is 231 Å². The Morgan fingerprint density at radius 1 is 0.846 bits per heavy atom. The molecule has 0 aliphatic carbocycles. The second-order valence-electron chi connectivity index (χ2n) is 9.35. The lowest BCUT2D eigenvalue weighted by Gasteiger charge is -2.30. The number of rotatable bonds is 5. The molecular formula is C30H24N2O5S2. The van der Waals surface area contributed by atoms with Crippen molar-refractivity contribution in [2.75, 3.05) is 15.8 Å². The van der Waals surface area contributed by atoms with E-state index in [1.807, 2.05) is 73.7 Å². The molecule has 0 spiro atoms. The standard InChI is InChI=1S/C30H24N2O5S2/c1-20-17-21-9-2-3-12-24(21)32(20)39(35,36)23-11-8-10-22(18-23)30(34)37-19-29(33)31-25-13-4-6-15-27(25)38-28-16-7-5-14-26(28)31/h2-16,18,20H,17,19H2,1H3/t20-/m0/s1. The number of ether oxygens (including phenoxy) is 1. The van der Waals surface area contributed by atoms with E-state index in [1.165, 1.54) is 28.6 Å². The van der Waals surface area contributed by atoms with Gasteiger partial charge >= 0.3 is 5.97 Å². The van der Waals surface area contributed by atoms with Gasteiger partial charge in [0.15, 0.2) is 6.61 Å². The Kier molecular flexibility index (Phi) is 6.40. The second kappa shape index (κ2) is 9.91. The van der Waals surface area contributed by atoms with Crippen molar-refractivity contribution >= 4 is 50.7 Å². The van der Waals surface area contributed by atoms with Crippen LogP contribution in [0.5, 0.6) is 0 Å². The van der Waals surface area contributed by atoms with Gasteiger partial charge in [-0.15, -0.1) is 0 Å². The van der Waals surface area contributed by atoms with Gasteiger partial charge in [-0.3, -0.25) is 14.0 Å². The summed E-state index contributed by atoms with van der Waals surface area (Å²) in [4.78, 5) is 29.7. The first-order valence-electron chi connectivity index (χ1n) is 12.4. The predicted molar refractivity (Wildman–Crippen MR) is 150 cm³/mol. The number of esters is 1. The molecule has 0 saturated heterocycles. The summed E-state index contributed by atoms with van der Waals surface area (Å²) in [5.74, 6) is -1.18. The molecule has 0 fully saturated rings. The number of benzene rings is 4. The van der Waals surface area contributed by atoms with Crippen LogP contribution in [0.4, 0.5) is 17.1 Å². The number of amides is 1. The van der Waals surface area contributed by atoms with Crippen LogP contribution in [0.25, 0.3) is 0 Å². The quantitative estimate of drug-likeness (QED) is 0.289. The first-order chi connectivity index (χ1) is 18.8. The van der Waals surface area contributed by atoms with Gasteiger partial charge in [0.1, 0.15) is 0 Å². The van der Waals surface area contributed by atoms with E-state index >= 15 is 0 Å². The van der Waals surface area contributed by atoms with Crippen LogP contribution in [0.1, 0.15) is 22.8 Å². The van der Waals surface area contributed by atoms with Gasteiger partial charge in [0.2, 0.25) is 0 Å². The maximum atomic E-state index is 13.6. The molecule has 2 aliphatic heterocycles. The monoisotopic (exact) mass is 556 g/mol. The zero-order chi connectivity index (χ0) is 27.1. The topological polar surface area (TPSA) is 84.0 Å². The smallest absolute Gasteiger partial charge is 0.338 e. The highest BCUT2D eigenvalue weighted by molar-refractivity contribution is 7.99. The third-order valence-electron chi connectivity index (χ3n) is 6.78. The lowest BCUT2D eigenvalue weighted by atomic mass is 10.1. The van der Waals surface area contributed by atoms with Gasteiger partial charge in [0, 0.05) is 15.8 Å². The molecule has 4 aromatic rings. The lowest BCUT2D eigenvalue weighted by molar-refractivity contribution is -0.121. The Morgan fingerprint density at radius 2 is 1.46 bits per heavy atom. The summed E-state index contributed by atoms with van der Waals surface area (Å²) in [6.07, 6.45) is 0.612. The number of anilines is 3. The van der Waals surface area contributed by atoms with Gasteiger partial charge < -0.3 is 4.74 Å². The van der Waals surface area contributed by atoms with E-state index in [4.69, 9.17) is 4.74 Å². The van der Waals surface area contributed by atoms with Gasteiger partial charge in [-0.1, -0.05) is 60.3 Å². The molecule has 39 heavy (non-hydrogen) atoms. The molecule has 1 atom stereocenters. The Hall–Kier alpha value is -4.08. The van der Waals surface area contributed by atoms with Crippen molar-refractivity contribution in [3.05, 3.63) is 108 Å². The molecule has 4 aromatic carbocycles. The molecule has 0 N–H and O–H groups in total. The van der Waals surface area contributed by atoms with Gasteiger partial charge in [0.25, 0.3) is 15.9 Å². The maximum Gasteiger partial charge on any atom is 0.338 e. The minimum atomic E-state index is -3.92. The highest BCUT2D eigenvalue weighted by Gasteiger charge is 2.36. The van der Waals surface area contributed by atoms with Crippen molar-refractivity contribution < 1.29 is 22.7 Å². The summed E-state index contributed by atoms with van der Waals surface area (Å²) in [6.45, 7) is 1.36. The van der Waals surface area contributed by atoms with E-state index in [9.17, 15) is 18.0 Å². The number of sulfonamides is 1. The minimum absolute atomic E-state index is 0.0114. The minimum Gasteiger partial charge on any atom is -0.452 e. The molecule has 0 saturated carbocycles. The highest BCUT2D eigenvalue weighted by Crippen LogP contribution is 2.47. The van der Waals surface area contributed by atoms with E-state index in [0.29, 0.717) is 12.1 Å². The van der Waals surface area contributed by atoms with E-state index in [-0.39, 0.29) is 16.5 Å². The average Bonchev–Trinajstić information content (AvgIpc) is 3.30. The van der Waals surface area contributed by atoms with Gasteiger partial charge in [-0.05, 0) is 67.4 Å². The van der Waals surface area contributed by atoms with Gasteiger partial charge in [-0.2, -0.15) is 0 Å². The Bertz CT molecular complexity index is 1670. The summed E-state index contributed by atoms with van der Waals surface area (Å²) in [6, 6.07) is 28.0. The summed E-state index contributed by atoms with van der Waals surface area (Å²) in [7, 11) is -3.92. The van der Waals surface area contributed by atoms with Crippen LogP contribution >= 0.6 is 11.8 Å². The first kappa shape index (κ1) is 25.2. The second-order valence-corrected chi connectivity index (χ2v) is 12.3. The normalized spacial score (nSPS) is 15.8. The molecule has 2 heterocycles. The Balaban J connectivity index is 1.22. The Morgan fingerprint density at radius 3 is 2.15 bits per heavy atom. The van der Waals surface area contributed by atoms with Crippen LogP contribution in [0.3, 0.4) is 0 Å². The fourth-order valence-electron chi connectivity index (χ4n) is 5.05. The zero-order valence-electron chi connectivity index (χ0n) is 21.0. The van der Waals surface area contributed by atoms with Crippen LogP contribution in [0.15, 0.2) is 112 Å². The number of hydrogen-bond donors (Lipinski definition) is 0. The third-order valence-corrected chi connectivity index (χ3v) is 9.83. The fraction of sp³-hybridized carbons (Fsp3) is 0.133. The number of carbonyl (C=O) groups excluding carboxylic acids is 2. The summed E-state index contributed by atoms with van der Waals surface area (Å²) >= 11 is 1.57. The van der Waals surface area contributed by atoms with Crippen LogP contribution in [-0.4, -0.2) is 32.9 Å². The maximum absolute atomic E-state index is 13.6. The number of hydrogen-bond acceptors (Lipinski definition) is 6. The van der Waals surface area contributed by atoms with E-state index < -0.39 is 28.5 Å². The largest absolute Gasteiger partial charge is 0.452 e. The lowest BCUT2D eigenvalue weighted by Crippen LogP contribution is -2.35. The molecule has 9 heteroatoms. The molecule has 0 bridgehead atoms. The van der Waals surface area contributed by atoms with Gasteiger partial charge in [0.05, 0.1) is 27.5 Å². The zero-order valence-corrected chi connectivity index (χ0v) is 22.6. The van der Waals surface area contributed by atoms with Gasteiger partial charge in [-0.25, -0.2) is 13.2 Å². The number of carbonyl (C=O) groups is 2. The third kappa shape index (κ3) is 4.47. The van der Waals surface area contributed by atoms with E-state index in [1.54, 1.807) is 22.7 Å². The molecule has 0 unspecified atom stereocenters. The molecule has 6 rings (SSSR count). The summed E-state index contributed by atoms with van der Waals surface area (Å²) in [5, 5.41) is 0. The molecule has 0 aromatic heterocycles. The van der Waals surface area contributed by atoms with Crippen molar-refractivity contribution in [1.82, 2.24) is 0 Å². The van der Waals surface area contributed by atoms with E-state index in [2.05, 4.69) is 0 Å². The molecule has 1 amide bonds. The average molecular weight is 557 g/mol. The van der Waals surface area contributed by atoms with Crippen molar-refractivity contribution in [3.63, 3.8) is 0 Å². The van der Waals surface area contributed by atoms with Crippen LogP contribution < -0.4 is 9.21 Å². The van der Waals surface area contributed by atoms with Crippen molar-refractivity contribution in [2.24, 2.45) is 0 Å². The van der Waals surface area contributed by atoms with Crippen LogP contribution in [0, 0.1) is 0 Å². The molecule has 196 valence electrons. The van der Waals surface area contributed by atoms with Crippen molar-refractivity contribution in [2.45, 2.75) is 34.1 Å². The first-order valence-corrected chi connectivity index (χ1v) is 14.7. The number of para-hydroxylation sites is 3. The van der Waals surface area contributed by atoms with Crippen LogP contribution in [-0.2, 0) is 26.0 Å². The predicted octanol–water partition coefficient (Wildman–Crippen LogP) is 5.81. The number of fused-ring (bicyclic) bond motifs is 3. The molecule has 2 aliphatic rings. The highest BCUT2D eigenvalue weighted by atomic mass is 32.2. The molecule has 0 radical (unpaired) electrons. The number of nitrogens with zero attached hydrogens (tertiary/aromatic N) is 2. The molecular weight excluding hydrogens is 532 g/mol. The van der Waals surface area contributed by atoms with Crippen LogP contribution in [0.2, 0.25) is 0 Å². The summed E-state index contributed by atoms with van der Waals surface area (Å²) in [5.41, 5.74) is 3.09. The SMILES string of the molecule is C[C@H]1Cc2ccccc2N1S(=O)(=O)c1cccc(C(=O)OCC(=O)N2c3ccccc3Sc3ccccc32)c1. The van der Waals surface area contributed by atoms with E-state index in [0.717, 1.165) is 26.7 Å². The van der Waals surface area contributed by atoms with Crippen molar-refractivity contribution in [3.8, 4) is 0 Å². The summed E-state index contributed by atoms with van der Waals surface area (Å²) < 4.78 is 34.0. The van der Waals surface area contributed by atoms with Crippen molar-refractivity contribution in [1.29, 1.82) is 0 Å².